The van der Waals surface area contributed by atoms with Gasteiger partial charge in [0, 0.05) is 10.8 Å². The molecule has 0 radical (unpaired) electrons. The fraction of sp³-hybridized carbons (Fsp3) is 0.435. The van der Waals surface area contributed by atoms with Gasteiger partial charge in [-0.2, -0.15) is 0 Å². The van der Waals surface area contributed by atoms with Crippen molar-refractivity contribution < 1.29 is 14.0 Å². The Labute approximate surface area is 178 Å². The molecule has 0 bridgehead atoms. The number of nitrogens with zero attached hydrogens (tertiary/aromatic N) is 3. The van der Waals surface area contributed by atoms with Gasteiger partial charge in [-0.25, -0.2) is 0 Å². The maximum atomic E-state index is 12.2. The van der Waals surface area contributed by atoms with Gasteiger partial charge < -0.3 is 9.16 Å². The number of carbonyl (C=O) groups excluding carboxylic acids is 1. The Morgan fingerprint density at radius 2 is 1.73 bits per heavy atom. The zero-order chi connectivity index (χ0) is 21.4. The highest BCUT2D eigenvalue weighted by Gasteiger charge is 2.66. The maximum absolute atomic E-state index is 12.2. The molecule has 3 atom stereocenters. The number of rotatable bonds is 6. The fourth-order valence-electron chi connectivity index (χ4n) is 4.91. The Balaban J connectivity index is 1.64. The molecule has 0 spiro atoms. The van der Waals surface area contributed by atoms with Crippen molar-refractivity contribution in [3.05, 3.63) is 71.1 Å². The number of benzene rings is 2. The van der Waals surface area contributed by atoms with Gasteiger partial charge in [-0.15, -0.1) is 0 Å². The van der Waals surface area contributed by atoms with Crippen LogP contribution < -0.4 is 10.4 Å². The lowest BCUT2D eigenvalue weighted by atomic mass is 10.2. The lowest BCUT2D eigenvalue weighted by molar-refractivity contribution is -0.134. The summed E-state index contributed by atoms with van der Waals surface area (Å²) in [6.45, 7) is 7.12. The van der Waals surface area contributed by atoms with E-state index in [9.17, 15) is 4.79 Å². The van der Waals surface area contributed by atoms with Crippen molar-refractivity contribution >= 4 is 24.6 Å². The van der Waals surface area contributed by atoms with Crippen molar-refractivity contribution in [2.45, 2.75) is 50.4 Å². The minimum absolute atomic E-state index is 0.115. The summed E-state index contributed by atoms with van der Waals surface area (Å²) in [6.07, 6.45) is 1.22. The van der Waals surface area contributed by atoms with Crippen LogP contribution in [0, 0.1) is 5.92 Å². The molecular formula is C23H27N3O3Si. The standard InChI is InChI=1S/C23H27N3O3Si/c1-22(2,3)30(19-10-6-4-7-11-19,20-12-8-5-9-13-20)28-16-18-14-17-15-23(17,29-18)21(27)25-26-24/h4-13,17-18H,14-16H2,1-3H3/t17-,18-,23+/m0/s1. The van der Waals surface area contributed by atoms with E-state index in [1.165, 1.54) is 10.4 Å². The summed E-state index contributed by atoms with van der Waals surface area (Å²) in [6, 6.07) is 20.9. The van der Waals surface area contributed by atoms with Crippen molar-refractivity contribution in [3.8, 4) is 0 Å². The molecule has 2 fully saturated rings. The van der Waals surface area contributed by atoms with Crippen molar-refractivity contribution in [1.29, 1.82) is 0 Å². The van der Waals surface area contributed by atoms with E-state index in [2.05, 4.69) is 79.3 Å². The van der Waals surface area contributed by atoms with Crippen LogP contribution in [0.2, 0.25) is 5.04 Å². The number of azide groups is 1. The van der Waals surface area contributed by atoms with Crippen LogP contribution >= 0.6 is 0 Å². The van der Waals surface area contributed by atoms with Crippen LogP contribution in [0.25, 0.3) is 10.4 Å². The highest BCUT2D eigenvalue weighted by molar-refractivity contribution is 6.99. The van der Waals surface area contributed by atoms with Crippen LogP contribution in [-0.2, 0) is 14.0 Å². The molecule has 2 aromatic rings. The third-order valence-electron chi connectivity index (χ3n) is 6.37. The Hall–Kier alpha value is -2.44. The highest BCUT2D eigenvalue weighted by atomic mass is 28.4. The molecule has 1 aliphatic heterocycles. The Morgan fingerprint density at radius 1 is 1.17 bits per heavy atom. The van der Waals surface area contributed by atoms with Gasteiger partial charge in [0.15, 0.2) is 0 Å². The topological polar surface area (TPSA) is 84.3 Å². The quantitative estimate of drug-likeness (QED) is 0.306. The minimum atomic E-state index is -2.64. The molecule has 2 aromatic carbocycles. The number of hydrogen-bond donors (Lipinski definition) is 0. The molecule has 0 unspecified atom stereocenters. The second-order valence-electron chi connectivity index (χ2n) is 9.23. The molecule has 30 heavy (non-hydrogen) atoms. The summed E-state index contributed by atoms with van der Waals surface area (Å²) in [4.78, 5) is 14.8. The lowest BCUT2D eigenvalue weighted by Gasteiger charge is -2.43. The van der Waals surface area contributed by atoms with Crippen LogP contribution in [-0.4, -0.2) is 32.5 Å². The van der Waals surface area contributed by atoms with Gasteiger partial charge in [0.05, 0.1) is 12.7 Å². The molecule has 1 saturated carbocycles. The fourth-order valence-corrected chi connectivity index (χ4v) is 9.50. The highest BCUT2D eigenvalue weighted by Crippen LogP contribution is 2.57. The summed E-state index contributed by atoms with van der Waals surface area (Å²) in [5, 5.41) is 5.60. The van der Waals surface area contributed by atoms with E-state index in [1.807, 2.05) is 12.1 Å². The molecule has 7 heteroatoms. The number of ether oxygens (including phenoxy) is 1. The molecule has 1 heterocycles. The van der Waals surface area contributed by atoms with Gasteiger partial charge in [0.25, 0.3) is 14.2 Å². The Bertz CT molecular complexity index is 931. The first-order chi connectivity index (χ1) is 14.3. The first-order valence-electron chi connectivity index (χ1n) is 10.4. The summed E-state index contributed by atoms with van der Waals surface area (Å²) in [7, 11) is -2.64. The summed E-state index contributed by atoms with van der Waals surface area (Å²) < 4.78 is 13.0. The number of fused-ring (bicyclic) bond motifs is 1. The second-order valence-corrected chi connectivity index (χ2v) is 13.5. The smallest absolute Gasteiger partial charge is 0.261 e. The number of hydrogen-bond acceptors (Lipinski definition) is 3. The second kappa shape index (κ2) is 7.67. The van der Waals surface area contributed by atoms with Gasteiger partial charge in [0.2, 0.25) is 0 Å². The minimum Gasteiger partial charge on any atom is -0.405 e. The molecule has 2 aliphatic rings. The van der Waals surface area contributed by atoms with E-state index < -0.39 is 19.8 Å². The Morgan fingerprint density at radius 3 is 2.23 bits per heavy atom. The van der Waals surface area contributed by atoms with Crippen molar-refractivity contribution in [2.24, 2.45) is 11.0 Å². The first-order valence-corrected chi connectivity index (χ1v) is 12.3. The largest absolute Gasteiger partial charge is 0.405 e. The average molecular weight is 422 g/mol. The predicted octanol–water partition coefficient (Wildman–Crippen LogP) is 3.95. The Kier molecular flexibility index (Phi) is 5.32. The van der Waals surface area contributed by atoms with Crippen LogP contribution in [0.5, 0.6) is 0 Å². The molecule has 0 aromatic heterocycles. The number of amides is 1. The molecule has 1 amide bonds. The maximum Gasteiger partial charge on any atom is 0.261 e. The zero-order valence-corrected chi connectivity index (χ0v) is 18.6. The van der Waals surface area contributed by atoms with Crippen LogP contribution in [0.4, 0.5) is 0 Å². The summed E-state index contributed by atoms with van der Waals surface area (Å²) >= 11 is 0. The van der Waals surface area contributed by atoms with Crippen molar-refractivity contribution in [2.75, 3.05) is 6.61 Å². The third-order valence-corrected chi connectivity index (χ3v) is 11.4. The molecule has 0 N–H and O–H groups in total. The summed E-state index contributed by atoms with van der Waals surface area (Å²) in [5.74, 6) is -0.369. The van der Waals surface area contributed by atoms with Crippen LogP contribution in [0.15, 0.2) is 65.8 Å². The van der Waals surface area contributed by atoms with Crippen LogP contribution in [0.3, 0.4) is 0 Å². The van der Waals surface area contributed by atoms with Gasteiger partial charge in [-0.05, 0) is 38.9 Å². The van der Waals surface area contributed by atoms with E-state index >= 15 is 0 Å². The molecule has 6 nitrogen and oxygen atoms in total. The van der Waals surface area contributed by atoms with Crippen molar-refractivity contribution in [3.63, 3.8) is 0 Å². The van der Waals surface area contributed by atoms with Crippen molar-refractivity contribution in [1.82, 2.24) is 0 Å². The van der Waals surface area contributed by atoms with E-state index in [0.717, 1.165) is 6.42 Å². The van der Waals surface area contributed by atoms with E-state index in [1.54, 1.807) is 0 Å². The third kappa shape index (κ3) is 3.38. The molecule has 4 rings (SSSR count). The molecule has 1 aliphatic carbocycles. The van der Waals surface area contributed by atoms with Gasteiger partial charge in [-0.1, -0.05) is 81.4 Å². The molecule has 1 saturated heterocycles. The molecule has 156 valence electrons. The SMILES string of the molecule is CC(C)(C)[Si](OC[C@@H]1C[C@H]2C[C@@]2(C(=O)N=[N+]=[N-])O1)(c1ccccc1)c1ccccc1. The van der Waals surface area contributed by atoms with Gasteiger partial charge >= 0.3 is 0 Å². The van der Waals surface area contributed by atoms with E-state index in [-0.39, 0.29) is 17.1 Å². The van der Waals surface area contributed by atoms with E-state index in [4.69, 9.17) is 14.7 Å². The summed E-state index contributed by atoms with van der Waals surface area (Å²) in [5.41, 5.74) is 7.70. The monoisotopic (exact) mass is 421 g/mol. The van der Waals surface area contributed by atoms with Crippen LogP contribution in [0.1, 0.15) is 33.6 Å². The first kappa shape index (κ1) is 20.8. The lowest BCUT2D eigenvalue weighted by Crippen LogP contribution is -2.67. The normalized spacial score (nSPS) is 25.3. The van der Waals surface area contributed by atoms with Gasteiger partial charge in [-0.3, -0.25) is 4.79 Å². The zero-order valence-electron chi connectivity index (χ0n) is 17.6. The van der Waals surface area contributed by atoms with E-state index in [0.29, 0.717) is 13.0 Å². The molecular weight excluding hydrogens is 394 g/mol. The number of carbonyl (C=O) groups is 1. The predicted molar refractivity (Wildman–Crippen MR) is 118 cm³/mol. The average Bonchev–Trinajstić information content (AvgIpc) is 3.31. The van der Waals surface area contributed by atoms with Gasteiger partial charge in [0.1, 0.15) is 5.60 Å².